The minimum atomic E-state index is -0.987. The molecule has 5 rings (SSSR count). The van der Waals surface area contributed by atoms with Crippen molar-refractivity contribution in [1.29, 1.82) is 0 Å². The Kier molecular flexibility index (Phi) is 6.09. The van der Waals surface area contributed by atoms with Gasteiger partial charge >= 0.3 is 0 Å². The Morgan fingerprint density at radius 1 is 1.15 bits per heavy atom. The Balaban J connectivity index is 1.40. The first-order chi connectivity index (χ1) is 16.5. The van der Waals surface area contributed by atoms with Gasteiger partial charge in [0.15, 0.2) is 0 Å². The fourth-order valence-corrected chi connectivity index (χ4v) is 4.55. The Morgan fingerprint density at radius 3 is 2.76 bits per heavy atom. The van der Waals surface area contributed by atoms with Gasteiger partial charge in [0.1, 0.15) is 11.9 Å². The van der Waals surface area contributed by atoms with E-state index in [1.54, 1.807) is 4.90 Å². The number of hydrogen-bond donors (Lipinski definition) is 3. The van der Waals surface area contributed by atoms with E-state index in [2.05, 4.69) is 15.3 Å². The topological polar surface area (TPSA) is 81.2 Å². The van der Waals surface area contributed by atoms with Gasteiger partial charge in [0.2, 0.25) is 0 Å². The summed E-state index contributed by atoms with van der Waals surface area (Å²) in [5, 5.41) is 13.8. The van der Waals surface area contributed by atoms with E-state index in [0.29, 0.717) is 23.9 Å². The number of aliphatic hydroxyl groups excluding tert-OH is 1. The van der Waals surface area contributed by atoms with Crippen molar-refractivity contribution in [2.75, 3.05) is 11.9 Å². The molecule has 1 amide bonds. The summed E-state index contributed by atoms with van der Waals surface area (Å²) in [5.74, 6) is 0.467. The highest BCUT2D eigenvalue weighted by Crippen LogP contribution is 2.33. The van der Waals surface area contributed by atoms with Crippen LogP contribution in [0.2, 0.25) is 5.02 Å². The fourth-order valence-electron chi connectivity index (χ4n) is 4.34. The lowest BCUT2D eigenvalue weighted by Crippen LogP contribution is -2.41. The van der Waals surface area contributed by atoms with Crippen molar-refractivity contribution in [1.82, 2.24) is 14.9 Å². The smallest absolute Gasteiger partial charge is 0.251 e. The van der Waals surface area contributed by atoms with Crippen molar-refractivity contribution < 1.29 is 9.90 Å². The number of aromatic nitrogens is 2. The number of benzene rings is 3. The minimum absolute atomic E-state index is 0.236. The normalized spacial score (nSPS) is 13.9. The third kappa shape index (κ3) is 4.42. The van der Waals surface area contributed by atoms with Crippen LogP contribution in [-0.2, 0) is 17.8 Å². The van der Waals surface area contributed by atoms with Crippen LogP contribution < -0.4 is 5.32 Å². The molecular weight excluding hydrogens is 448 g/mol. The van der Waals surface area contributed by atoms with E-state index in [0.717, 1.165) is 40.2 Å². The van der Waals surface area contributed by atoms with Gasteiger partial charge in [0.25, 0.3) is 5.91 Å². The van der Waals surface area contributed by atoms with Crippen LogP contribution in [0, 0.1) is 0 Å². The first kappa shape index (κ1) is 22.2. The van der Waals surface area contributed by atoms with E-state index in [-0.39, 0.29) is 5.91 Å². The molecule has 0 saturated carbocycles. The SMILES string of the molecule is C[C@H](O)C(=O)N1CCc2c(cccc2Nc2ccc(Cl)c(-c3ncc(-c4ccccc4)[nH]3)c2)C1. The van der Waals surface area contributed by atoms with Crippen LogP contribution in [0.15, 0.2) is 72.9 Å². The van der Waals surface area contributed by atoms with E-state index in [9.17, 15) is 9.90 Å². The first-order valence-corrected chi connectivity index (χ1v) is 11.6. The number of fused-ring (bicyclic) bond motifs is 1. The predicted octanol–water partition coefficient (Wildman–Crippen LogP) is 5.41. The number of rotatable bonds is 5. The van der Waals surface area contributed by atoms with Gasteiger partial charge in [-0.15, -0.1) is 0 Å². The van der Waals surface area contributed by atoms with Crippen LogP contribution in [0.1, 0.15) is 18.1 Å². The Labute approximate surface area is 203 Å². The maximum absolute atomic E-state index is 12.2. The van der Waals surface area contributed by atoms with Crippen molar-refractivity contribution in [3.63, 3.8) is 0 Å². The monoisotopic (exact) mass is 472 g/mol. The maximum Gasteiger partial charge on any atom is 0.251 e. The quantitative estimate of drug-likeness (QED) is 0.363. The molecule has 0 unspecified atom stereocenters. The van der Waals surface area contributed by atoms with Gasteiger partial charge < -0.3 is 20.3 Å². The minimum Gasteiger partial charge on any atom is -0.384 e. The summed E-state index contributed by atoms with van der Waals surface area (Å²) in [6, 6.07) is 21.9. The van der Waals surface area contributed by atoms with Crippen molar-refractivity contribution in [2.45, 2.75) is 26.0 Å². The number of nitrogens with one attached hydrogen (secondary N) is 2. The second-order valence-electron chi connectivity index (χ2n) is 8.46. The molecule has 7 heteroatoms. The molecule has 0 spiro atoms. The number of carbonyl (C=O) groups excluding carboxylic acids is 1. The average molecular weight is 473 g/mol. The molecule has 1 atom stereocenters. The summed E-state index contributed by atoms with van der Waals surface area (Å²) < 4.78 is 0. The van der Waals surface area contributed by atoms with E-state index >= 15 is 0 Å². The van der Waals surface area contributed by atoms with E-state index in [1.165, 1.54) is 12.5 Å². The van der Waals surface area contributed by atoms with Crippen LogP contribution in [0.5, 0.6) is 0 Å². The van der Waals surface area contributed by atoms with E-state index in [4.69, 9.17) is 11.6 Å². The van der Waals surface area contributed by atoms with Gasteiger partial charge in [-0.05, 0) is 54.3 Å². The lowest BCUT2D eigenvalue weighted by Gasteiger charge is -2.31. The lowest BCUT2D eigenvalue weighted by molar-refractivity contribution is -0.140. The highest BCUT2D eigenvalue weighted by atomic mass is 35.5. The molecule has 172 valence electrons. The molecule has 0 bridgehead atoms. The zero-order valence-corrected chi connectivity index (χ0v) is 19.5. The largest absolute Gasteiger partial charge is 0.384 e. The third-order valence-corrected chi connectivity index (χ3v) is 6.43. The van der Waals surface area contributed by atoms with Gasteiger partial charge in [-0.3, -0.25) is 4.79 Å². The van der Waals surface area contributed by atoms with E-state index < -0.39 is 6.10 Å². The predicted molar refractivity (Wildman–Crippen MR) is 135 cm³/mol. The number of carbonyl (C=O) groups is 1. The standard InChI is InChI=1S/C27H25ClN4O2/c1-17(33)27(34)32-13-12-21-19(16-32)8-5-9-24(21)30-20-10-11-23(28)22(14-20)26-29-15-25(31-26)18-6-3-2-4-7-18/h2-11,14-15,17,30,33H,12-13,16H2,1H3,(H,29,31)/t17-/m0/s1. The summed E-state index contributed by atoms with van der Waals surface area (Å²) in [4.78, 5) is 21.9. The van der Waals surface area contributed by atoms with Gasteiger partial charge in [-0.1, -0.05) is 54.1 Å². The number of imidazole rings is 1. The summed E-state index contributed by atoms with van der Waals surface area (Å²) in [6.07, 6.45) is 1.55. The lowest BCUT2D eigenvalue weighted by atomic mass is 9.97. The van der Waals surface area contributed by atoms with Crippen LogP contribution in [0.3, 0.4) is 0 Å². The maximum atomic E-state index is 12.2. The second-order valence-corrected chi connectivity index (χ2v) is 8.87. The molecule has 2 heterocycles. The van der Waals surface area contributed by atoms with Crippen LogP contribution >= 0.6 is 11.6 Å². The number of aliphatic hydroxyl groups is 1. The summed E-state index contributed by atoms with van der Waals surface area (Å²) in [6.45, 7) is 2.58. The van der Waals surface area contributed by atoms with Crippen LogP contribution in [-0.4, -0.2) is 38.5 Å². The summed E-state index contributed by atoms with van der Waals surface area (Å²) in [7, 11) is 0. The second kappa shape index (κ2) is 9.33. The van der Waals surface area contributed by atoms with Crippen molar-refractivity contribution in [3.8, 4) is 22.6 Å². The fraction of sp³-hybridized carbons (Fsp3) is 0.185. The number of H-pyrrole nitrogens is 1. The number of hydrogen-bond acceptors (Lipinski definition) is 4. The average Bonchev–Trinajstić information content (AvgIpc) is 3.35. The summed E-state index contributed by atoms with van der Waals surface area (Å²) >= 11 is 6.53. The molecule has 0 fully saturated rings. The Bertz CT molecular complexity index is 1330. The molecule has 4 aromatic rings. The molecule has 0 saturated heterocycles. The molecule has 3 aromatic carbocycles. The zero-order chi connectivity index (χ0) is 23.7. The highest BCUT2D eigenvalue weighted by Gasteiger charge is 2.25. The zero-order valence-electron chi connectivity index (χ0n) is 18.8. The molecule has 0 radical (unpaired) electrons. The molecule has 1 aliphatic heterocycles. The molecule has 0 aliphatic carbocycles. The van der Waals surface area contributed by atoms with Crippen molar-refractivity contribution in [3.05, 3.63) is 89.1 Å². The number of aromatic amines is 1. The first-order valence-electron chi connectivity index (χ1n) is 11.2. The van der Waals surface area contributed by atoms with Crippen molar-refractivity contribution >= 4 is 28.9 Å². The van der Waals surface area contributed by atoms with Crippen molar-refractivity contribution in [2.24, 2.45) is 0 Å². The molecule has 1 aliphatic rings. The number of nitrogens with zero attached hydrogens (tertiary/aromatic N) is 2. The van der Waals surface area contributed by atoms with E-state index in [1.807, 2.05) is 72.9 Å². The van der Waals surface area contributed by atoms with Crippen LogP contribution in [0.25, 0.3) is 22.6 Å². The number of halogens is 1. The molecular formula is C27H25ClN4O2. The van der Waals surface area contributed by atoms with Gasteiger partial charge in [0, 0.05) is 30.0 Å². The number of amides is 1. The molecule has 34 heavy (non-hydrogen) atoms. The van der Waals surface area contributed by atoms with Crippen LogP contribution in [0.4, 0.5) is 11.4 Å². The summed E-state index contributed by atoms with van der Waals surface area (Å²) in [5.41, 5.74) is 6.96. The molecule has 3 N–H and O–H groups in total. The third-order valence-electron chi connectivity index (χ3n) is 6.10. The highest BCUT2D eigenvalue weighted by molar-refractivity contribution is 6.33. The number of anilines is 2. The molecule has 1 aromatic heterocycles. The van der Waals surface area contributed by atoms with Gasteiger partial charge in [0.05, 0.1) is 16.9 Å². The molecule has 6 nitrogen and oxygen atoms in total. The Hall–Kier alpha value is -3.61. The Morgan fingerprint density at radius 2 is 1.97 bits per heavy atom. The van der Waals surface area contributed by atoms with Gasteiger partial charge in [-0.25, -0.2) is 4.98 Å². The van der Waals surface area contributed by atoms with Gasteiger partial charge in [-0.2, -0.15) is 0 Å².